The minimum atomic E-state index is 0.714. The van der Waals surface area contributed by atoms with Crippen molar-refractivity contribution in [2.24, 2.45) is 0 Å². The number of ether oxygens (including phenoxy) is 1. The molecule has 0 unspecified atom stereocenters. The maximum Gasteiger partial charge on any atom is 0.160 e. The van der Waals surface area contributed by atoms with Gasteiger partial charge in [0.2, 0.25) is 0 Å². The molecule has 1 heterocycles. The first-order valence-corrected chi connectivity index (χ1v) is 2.30. The second-order valence-corrected chi connectivity index (χ2v) is 1.77. The molecule has 0 saturated carbocycles. The zero-order valence-corrected chi connectivity index (χ0v) is 4.64. The van der Waals surface area contributed by atoms with E-state index >= 15 is 0 Å². The summed E-state index contributed by atoms with van der Waals surface area (Å²) in [5, 5.41) is 0. The van der Waals surface area contributed by atoms with Gasteiger partial charge in [-0.25, -0.2) is 0 Å². The molecule has 1 rings (SSSR count). The third kappa shape index (κ3) is 0.856. The van der Waals surface area contributed by atoms with Crippen LogP contribution >= 0.6 is 0 Å². The second kappa shape index (κ2) is 1.45. The molecule has 1 aliphatic heterocycles. The zero-order valence-electron chi connectivity index (χ0n) is 4.64. The molecular formula is C5H9NO. The first-order valence-electron chi connectivity index (χ1n) is 2.30. The van der Waals surface area contributed by atoms with Gasteiger partial charge < -0.3 is 9.64 Å². The van der Waals surface area contributed by atoms with E-state index in [4.69, 9.17) is 4.74 Å². The minimum absolute atomic E-state index is 0.714. The fourth-order valence-corrected chi connectivity index (χ4v) is 0.589. The van der Waals surface area contributed by atoms with Gasteiger partial charge in [-0.3, -0.25) is 0 Å². The molecule has 7 heavy (non-hydrogen) atoms. The number of allylic oxidation sites excluding steroid dienone is 1. The van der Waals surface area contributed by atoms with Gasteiger partial charge >= 0.3 is 0 Å². The molecule has 40 valence electrons. The lowest BCUT2D eigenvalue weighted by atomic mass is 10.6. The van der Waals surface area contributed by atoms with Gasteiger partial charge in [0.1, 0.15) is 5.76 Å². The van der Waals surface area contributed by atoms with Crippen molar-refractivity contribution in [3.05, 3.63) is 12.0 Å². The maximum atomic E-state index is 5.05. The van der Waals surface area contributed by atoms with E-state index in [1.54, 1.807) is 0 Å². The fourth-order valence-electron chi connectivity index (χ4n) is 0.589. The third-order valence-electron chi connectivity index (χ3n) is 0.898. The smallest absolute Gasteiger partial charge is 0.160 e. The van der Waals surface area contributed by atoms with Crippen molar-refractivity contribution in [1.29, 1.82) is 0 Å². The topological polar surface area (TPSA) is 12.5 Å². The number of rotatable bonds is 0. The standard InChI is InChI=1S/C5H9NO/c1-5-3-6(2)4-7-5/h3H,4H2,1-2H3. The Balaban J connectivity index is 2.50. The van der Waals surface area contributed by atoms with Crippen molar-refractivity contribution in [3.63, 3.8) is 0 Å². The number of hydrogen-bond acceptors (Lipinski definition) is 2. The second-order valence-electron chi connectivity index (χ2n) is 1.77. The Labute approximate surface area is 43.4 Å². The summed E-state index contributed by atoms with van der Waals surface area (Å²) in [6.07, 6.45) is 1.97. The normalized spacial score (nSPS) is 19.1. The molecule has 2 nitrogen and oxygen atoms in total. The Hall–Kier alpha value is -0.660. The van der Waals surface area contributed by atoms with Crippen LogP contribution in [0.5, 0.6) is 0 Å². The average molecular weight is 99.1 g/mol. The van der Waals surface area contributed by atoms with Crippen molar-refractivity contribution < 1.29 is 4.74 Å². The van der Waals surface area contributed by atoms with E-state index < -0.39 is 0 Å². The molecular weight excluding hydrogens is 90.1 g/mol. The largest absolute Gasteiger partial charge is 0.476 e. The van der Waals surface area contributed by atoms with E-state index in [-0.39, 0.29) is 0 Å². The average Bonchev–Trinajstić information content (AvgIpc) is 1.87. The van der Waals surface area contributed by atoms with Gasteiger partial charge in [0.15, 0.2) is 6.73 Å². The van der Waals surface area contributed by atoms with Gasteiger partial charge in [-0.2, -0.15) is 0 Å². The molecule has 0 spiro atoms. The molecule has 0 radical (unpaired) electrons. The Morgan fingerprint density at radius 2 is 2.57 bits per heavy atom. The Morgan fingerprint density at radius 1 is 1.86 bits per heavy atom. The summed E-state index contributed by atoms with van der Waals surface area (Å²) in [5.41, 5.74) is 0. The van der Waals surface area contributed by atoms with Crippen LogP contribution in [0.2, 0.25) is 0 Å². The Bertz CT molecular complexity index is 98.3. The monoisotopic (exact) mass is 99.1 g/mol. The van der Waals surface area contributed by atoms with Crippen LogP contribution in [0.15, 0.2) is 12.0 Å². The Morgan fingerprint density at radius 3 is 2.71 bits per heavy atom. The summed E-state index contributed by atoms with van der Waals surface area (Å²) < 4.78 is 5.05. The van der Waals surface area contributed by atoms with E-state index in [0.717, 1.165) is 5.76 Å². The number of nitrogens with zero attached hydrogens (tertiary/aromatic N) is 1. The molecule has 0 aromatic heterocycles. The lowest BCUT2D eigenvalue weighted by Crippen LogP contribution is -2.05. The van der Waals surface area contributed by atoms with Crippen LogP contribution in [0.1, 0.15) is 6.92 Å². The maximum absolute atomic E-state index is 5.05. The van der Waals surface area contributed by atoms with Crippen LogP contribution in [0.3, 0.4) is 0 Å². The first kappa shape index (κ1) is 4.50. The lowest BCUT2D eigenvalue weighted by molar-refractivity contribution is 0.170. The van der Waals surface area contributed by atoms with Crippen LogP contribution in [0.4, 0.5) is 0 Å². The minimum Gasteiger partial charge on any atom is -0.476 e. The van der Waals surface area contributed by atoms with Crippen LogP contribution in [0.25, 0.3) is 0 Å². The van der Waals surface area contributed by atoms with E-state index in [9.17, 15) is 0 Å². The van der Waals surface area contributed by atoms with Gasteiger partial charge in [-0.15, -0.1) is 0 Å². The van der Waals surface area contributed by atoms with E-state index in [0.29, 0.717) is 6.73 Å². The zero-order chi connectivity index (χ0) is 5.28. The molecule has 1 aliphatic rings. The van der Waals surface area contributed by atoms with E-state index in [1.165, 1.54) is 0 Å². The van der Waals surface area contributed by atoms with Crippen molar-refractivity contribution in [2.45, 2.75) is 6.92 Å². The van der Waals surface area contributed by atoms with Crippen LogP contribution in [0, 0.1) is 0 Å². The van der Waals surface area contributed by atoms with Crippen LogP contribution < -0.4 is 0 Å². The highest BCUT2D eigenvalue weighted by atomic mass is 16.5. The molecule has 0 amide bonds. The highest BCUT2D eigenvalue weighted by molar-refractivity contribution is 4.90. The molecule has 0 aliphatic carbocycles. The molecule has 0 atom stereocenters. The molecule has 0 fully saturated rings. The van der Waals surface area contributed by atoms with Gasteiger partial charge in [-0.05, 0) is 6.92 Å². The molecule has 0 N–H and O–H groups in total. The number of hydrogen-bond donors (Lipinski definition) is 0. The predicted octanol–water partition coefficient (Wildman–Crippen LogP) is 0.767. The van der Waals surface area contributed by atoms with Crippen molar-refractivity contribution in [1.82, 2.24) is 4.90 Å². The summed E-state index contributed by atoms with van der Waals surface area (Å²) in [7, 11) is 1.98. The summed E-state index contributed by atoms with van der Waals surface area (Å²) >= 11 is 0. The van der Waals surface area contributed by atoms with Gasteiger partial charge in [0.25, 0.3) is 0 Å². The van der Waals surface area contributed by atoms with Crippen LogP contribution in [-0.4, -0.2) is 18.7 Å². The molecule has 0 bridgehead atoms. The van der Waals surface area contributed by atoms with Crippen molar-refractivity contribution in [2.75, 3.05) is 13.8 Å². The van der Waals surface area contributed by atoms with E-state index in [2.05, 4.69) is 0 Å². The molecule has 0 saturated heterocycles. The summed E-state index contributed by atoms with van der Waals surface area (Å²) in [6, 6.07) is 0. The first-order chi connectivity index (χ1) is 3.29. The van der Waals surface area contributed by atoms with Crippen molar-refractivity contribution in [3.8, 4) is 0 Å². The van der Waals surface area contributed by atoms with Gasteiger partial charge in [0, 0.05) is 13.2 Å². The SMILES string of the molecule is CC1=CN(C)CO1. The predicted molar refractivity (Wildman–Crippen MR) is 27.5 cm³/mol. The molecule has 0 aromatic carbocycles. The highest BCUT2D eigenvalue weighted by Crippen LogP contribution is 2.05. The molecule has 2 heteroatoms. The summed E-state index contributed by atoms with van der Waals surface area (Å²) in [5.74, 6) is 1.00. The summed E-state index contributed by atoms with van der Waals surface area (Å²) in [4.78, 5) is 2.00. The highest BCUT2D eigenvalue weighted by Gasteiger charge is 2.01. The fraction of sp³-hybridized carbons (Fsp3) is 0.600. The lowest BCUT2D eigenvalue weighted by Gasteiger charge is -2.01. The molecule has 0 aromatic rings. The van der Waals surface area contributed by atoms with Crippen LogP contribution in [-0.2, 0) is 4.74 Å². The van der Waals surface area contributed by atoms with Gasteiger partial charge in [-0.1, -0.05) is 0 Å². The van der Waals surface area contributed by atoms with Crippen molar-refractivity contribution >= 4 is 0 Å². The quantitative estimate of drug-likeness (QED) is 0.444. The Kier molecular flexibility index (Phi) is 0.929. The third-order valence-corrected chi connectivity index (χ3v) is 0.898. The van der Waals surface area contributed by atoms with Gasteiger partial charge in [0.05, 0.1) is 0 Å². The summed E-state index contributed by atoms with van der Waals surface area (Å²) in [6.45, 7) is 2.66. The van der Waals surface area contributed by atoms with E-state index in [1.807, 2.05) is 25.1 Å².